The van der Waals surface area contributed by atoms with Crippen LogP contribution in [0.4, 0.5) is 5.69 Å². The van der Waals surface area contributed by atoms with Gasteiger partial charge in [-0.1, -0.05) is 18.2 Å². The number of carbonyl (C=O) groups excluding carboxylic acids is 2. The number of ether oxygens (including phenoxy) is 2. The minimum atomic E-state index is -0.562. The van der Waals surface area contributed by atoms with Crippen molar-refractivity contribution in [1.29, 1.82) is 0 Å². The van der Waals surface area contributed by atoms with Crippen molar-refractivity contribution in [2.45, 2.75) is 0 Å². The molecule has 1 N–H and O–H groups in total. The molecule has 2 rings (SSSR count). The number of anilines is 1. The molecular formula is C16H14BrNO4. The molecule has 0 atom stereocenters. The molecule has 1 amide bonds. The molecule has 0 saturated heterocycles. The molecule has 5 nitrogen and oxygen atoms in total. The van der Waals surface area contributed by atoms with Crippen LogP contribution in [-0.4, -0.2) is 25.6 Å². The van der Waals surface area contributed by atoms with Crippen LogP contribution in [0.5, 0.6) is 5.75 Å². The van der Waals surface area contributed by atoms with Crippen LogP contribution in [0.25, 0.3) is 0 Å². The van der Waals surface area contributed by atoms with Crippen molar-refractivity contribution in [3.05, 3.63) is 58.6 Å². The lowest BCUT2D eigenvalue weighted by Crippen LogP contribution is -2.21. The molecule has 0 heterocycles. The van der Waals surface area contributed by atoms with E-state index >= 15 is 0 Å². The average molecular weight is 364 g/mol. The summed E-state index contributed by atoms with van der Waals surface area (Å²) in [5, 5.41) is 2.63. The van der Waals surface area contributed by atoms with E-state index in [0.717, 1.165) is 0 Å². The monoisotopic (exact) mass is 363 g/mol. The summed E-state index contributed by atoms with van der Waals surface area (Å²) in [5.74, 6) is -0.357. The van der Waals surface area contributed by atoms with Gasteiger partial charge in [-0.25, -0.2) is 4.79 Å². The van der Waals surface area contributed by atoms with E-state index < -0.39 is 11.9 Å². The van der Waals surface area contributed by atoms with Gasteiger partial charge in [0.15, 0.2) is 6.61 Å². The highest BCUT2D eigenvalue weighted by molar-refractivity contribution is 9.10. The van der Waals surface area contributed by atoms with Crippen LogP contribution in [-0.2, 0) is 9.53 Å². The van der Waals surface area contributed by atoms with E-state index in [2.05, 4.69) is 21.2 Å². The van der Waals surface area contributed by atoms with Gasteiger partial charge in [0.05, 0.1) is 12.7 Å². The predicted molar refractivity (Wildman–Crippen MR) is 86.0 cm³/mol. The van der Waals surface area contributed by atoms with Gasteiger partial charge in [0.1, 0.15) is 5.75 Å². The van der Waals surface area contributed by atoms with Crippen molar-refractivity contribution >= 4 is 33.5 Å². The van der Waals surface area contributed by atoms with Gasteiger partial charge in [-0.2, -0.15) is 0 Å². The van der Waals surface area contributed by atoms with Crippen LogP contribution in [0.1, 0.15) is 10.4 Å². The summed E-state index contributed by atoms with van der Waals surface area (Å²) in [7, 11) is 1.54. The maximum atomic E-state index is 11.9. The van der Waals surface area contributed by atoms with Crippen molar-refractivity contribution < 1.29 is 19.1 Å². The van der Waals surface area contributed by atoms with E-state index in [4.69, 9.17) is 9.47 Å². The molecule has 22 heavy (non-hydrogen) atoms. The fourth-order valence-electron chi connectivity index (χ4n) is 1.73. The number of amides is 1. The molecular weight excluding hydrogens is 350 g/mol. The van der Waals surface area contributed by atoms with Crippen LogP contribution in [0, 0.1) is 0 Å². The minimum Gasteiger partial charge on any atom is -0.497 e. The molecule has 0 saturated carbocycles. The number of hydrogen-bond donors (Lipinski definition) is 1. The van der Waals surface area contributed by atoms with E-state index in [1.54, 1.807) is 55.6 Å². The fourth-order valence-corrected chi connectivity index (χ4v) is 2.18. The lowest BCUT2D eigenvalue weighted by atomic mass is 10.2. The molecule has 0 aliphatic carbocycles. The number of methoxy groups -OCH3 is 1. The highest BCUT2D eigenvalue weighted by Gasteiger charge is 2.13. The number of hydrogen-bond acceptors (Lipinski definition) is 4. The Balaban J connectivity index is 1.90. The molecule has 114 valence electrons. The third-order valence-corrected chi connectivity index (χ3v) is 3.47. The highest BCUT2D eigenvalue weighted by Crippen LogP contribution is 2.18. The van der Waals surface area contributed by atoms with E-state index in [0.29, 0.717) is 21.5 Å². The number of benzene rings is 2. The van der Waals surface area contributed by atoms with E-state index in [9.17, 15) is 9.59 Å². The summed E-state index contributed by atoms with van der Waals surface area (Å²) in [6.07, 6.45) is 0. The largest absolute Gasteiger partial charge is 0.497 e. The minimum absolute atomic E-state index is 0.364. The van der Waals surface area contributed by atoms with Gasteiger partial charge in [0.25, 0.3) is 5.91 Å². The summed E-state index contributed by atoms with van der Waals surface area (Å²) in [5.41, 5.74) is 0.943. The summed E-state index contributed by atoms with van der Waals surface area (Å²) in [6, 6.07) is 13.8. The molecule has 2 aromatic carbocycles. The summed E-state index contributed by atoms with van der Waals surface area (Å²) in [4.78, 5) is 23.7. The summed E-state index contributed by atoms with van der Waals surface area (Å²) in [6.45, 7) is -0.364. The van der Waals surface area contributed by atoms with Gasteiger partial charge in [-0.3, -0.25) is 4.79 Å². The Bertz CT molecular complexity index is 687. The zero-order valence-corrected chi connectivity index (χ0v) is 13.4. The quantitative estimate of drug-likeness (QED) is 0.828. The topological polar surface area (TPSA) is 64.6 Å². The second-order valence-corrected chi connectivity index (χ2v) is 5.19. The molecule has 0 aliphatic rings. The normalized spacial score (nSPS) is 9.91. The van der Waals surface area contributed by atoms with Crippen LogP contribution in [0.2, 0.25) is 0 Å². The third-order valence-electron chi connectivity index (χ3n) is 2.78. The molecule has 0 radical (unpaired) electrons. The zero-order valence-electron chi connectivity index (χ0n) is 11.8. The number of nitrogens with one attached hydrogen (secondary N) is 1. The molecule has 0 unspecified atom stereocenters. The Hall–Kier alpha value is -2.34. The van der Waals surface area contributed by atoms with Crippen LogP contribution < -0.4 is 10.1 Å². The first-order valence-electron chi connectivity index (χ1n) is 6.45. The first kappa shape index (κ1) is 16.0. The van der Waals surface area contributed by atoms with Gasteiger partial charge in [0.2, 0.25) is 0 Å². The molecule has 0 spiro atoms. The van der Waals surface area contributed by atoms with Crippen LogP contribution >= 0.6 is 15.9 Å². The van der Waals surface area contributed by atoms with E-state index in [-0.39, 0.29) is 6.61 Å². The summed E-state index contributed by atoms with van der Waals surface area (Å²) < 4.78 is 10.7. The Morgan fingerprint density at radius 3 is 2.64 bits per heavy atom. The third kappa shape index (κ3) is 4.33. The van der Waals surface area contributed by atoms with Gasteiger partial charge < -0.3 is 14.8 Å². The fraction of sp³-hybridized carbons (Fsp3) is 0.125. The first-order valence-corrected chi connectivity index (χ1v) is 7.25. The van der Waals surface area contributed by atoms with Crippen molar-refractivity contribution in [2.75, 3.05) is 19.0 Å². The second kappa shape index (κ2) is 7.61. The van der Waals surface area contributed by atoms with Crippen molar-refractivity contribution in [3.8, 4) is 5.75 Å². The maximum absolute atomic E-state index is 11.9. The van der Waals surface area contributed by atoms with Crippen molar-refractivity contribution in [2.24, 2.45) is 0 Å². The number of esters is 1. The number of halogens is 1. The molecule has 0 fully saturated rings. The molecule has 2 aromatic rings. The predicted octanol–water partition coefficient (Wildman–Crippen LogP) is 3.25. The lowest BCUT2D eigenvalue weighted by Gasteiger charge is -2.08. The molecule has 6 heteroatoms. The number of rotatable bonds is 5. The van der Waals surface area contributed by atoms with Gasteiger partial charge in [0, 0.05) is 16.2 Å². The Kier molecular flexibility index (Phi) is 5.55. The lowest BCUT2D eigenvalue weighted by molar-refractivity contribution is -0.119. The Labute approximate surface area is 136 Å². The standard InChI is InChI=1S/C16H14BrNO4/c1-21-12-6-4-5-11(9-12)18-15(19)10-22-16(20)13-7-2-3-8-14(13)17/h2-9H,10H2,1H3,(H,18,19). The van der Waals surface area contributed by atoms with Crippen LogP contribution in [0.15, 0.2) is 53.0 Å². The average Bonchev–Trinajstić information content (AvgIpc) is 2.53. The van der Waals surface area contributed by atoms with E-state index in [1.165, 1.54) is 0 Å². The van der Waals surface area contributed by atoms with Crippen molar-refractivity contribution in [1.82, 2.24) is 0 Å². The van der Waals surface area contributed by atoms with Crippen LogP contribution in [0.3, 0.4) is 0 Å². The summed E-state index contributed by atoms with van der Waals surface area (Å²) >= 11 is 3.26. The maximum Gasteiger partial charge on any atom is 0.339 e. The van der Waals surface area contributed by atoms with Gasteiger partial charge in [-0.15, -0.1) is 0 Å². The SMILES string of the molecule is COc1cccc(NC(=O)COC(=O)c2ccccc2Br)c1. The molecule has 0 aromatic heterocycles. The second-order valence-electron chi connectivity index (χ2n) is 4.34. The zero-order chi connectivity index (χ0) is 15.9. The Morgan fingerprint density at radius 1 is 1.14 bits per heavy atom. The Morgan fingerprint density at radius 2 is 1.91 bits per heavy atom. The molecule has 0 bridgehead atoms. The van der Waals surface area contributed by atoms with E-state index in [1.807, 2.05) is 0 Å². The first-order chi connectivity index (χ1) is 10.6. The smallest absolute Gasteiger partial charge is 0.339 e. The van der Waals surface area contributed by atoms with Crippen molar-refractivity contribution in [3.63, 3.8) is 0 Å². The van der Waals surface area contributed by atoms with Gasteiger partial charge in [-0.05, 0) is 40.2 Å². The number of carbonyl (C=O) groups is 2. The van der Waals surface area contributed by atoms with Gasteiger partial charge >= 0.3 is 5.97 Å². The molecule has 0 aliphatic heterocycles. The highest BCUT2D eigenvalue weighted by atomic mass is 79.9.